The van der Waals surface area contributed by atoms with Gasteiger partial charge in [0, 0.05) is 27.7 Å². The number of nitrogens with zero attached hydrogens (tertiary/aromatic N) is 4. The van der Waals surface area contributed by atoms with Crippen molar-refractivity contribution in [3.63, 3.8) is 0 Å². The van der Waals surface area contributed by atoms with Crippen LogP contribution in [0.3, 0.4) is 0 Å². The Morgan fingerprint density at radius 1 is 0.957 bits per heavy atom. The molecule has 8 nitrogen and oxygen atoms in total. The van der Waals surface area contributed by atoms with Crippen LogP contribution >= 0.6 is 35.1 Å². The van der Waals surface area contributed by atoms with Gasteiger partial charge >= 0.3 is 12.3 Å². The third-order valence-corrected chi connectivity index (χ3v) is 8.85. The summed E-state index contributed by atoms with van der Waals surface area (Å²) in [7, 11) is 0. The van der Waals surface area contributed by atoms with Crippen LogP contribution < -0.4 is 10.9 Å². The second kappa shape index (κ2) is 14.0. The number of fused-ring (bicyclic) bond motifs is 1. The van der Waals surface area contributed by atoms with Gasteiger partial charge in [0.1, 0.15) is 11.3 Å². The molecule has 0 radical (unpaired) electrons. The molecule has 3 aromatic rings. The first-order valence-corrected chi connectivity index (χ1v) is 17.0. The Hall–Kier alpha value is -3.94. The van der Waals surface area contributed by atoms with Gasteiger partial charge in [-0.2, -0.15) is 23.4 Å². The summed E-state index contributed by atoms with van der Waals surface area (Å²) >= 11 is 9.94. The van der Waals surface area contributed by atoms with Crippen LogP contribution in [0.1, 0.15) is 31.9 Å². The molecule has 14 heteroatoms. The largest absolute Gasteiger partial charge is 0.444 e. The molecule has 0 bridgehead atoms. The molecule has 1 amide bonds. The molecule has 5 rings (SSSR count). The Balaban J connectivity index is 1.45. The number of carbonyl (C=O) groups excluding carboxylic acids is 1. The van der Waals surface area contributed by atoms with Crippen molar-refractivity contribution in [2.75, 3.05) is 18.6 Å². The maximum absolute atomic E-state index is 13.4. The van der Waals surface area contributed by atoms with E-state index in [-0.39, 0.29) is 12.2 Å². The fourth-order valence-electron chi connectivity index (χ4n) is 4.61. The summed E-state index contributed by atoms with van der Waals surface area (Å²) in [4.78, 5) is 27.3. The summed E-state index contributed by atoms with van der Waals surface area (Å²) in [5, 5.41) is 12.3. The molecule has 3 aromatic carbocycles. The highest BCUT2D eigenvalue weighted by atomic mass is 35.5. The lowest BCUT2D eigenvalue weighted by Crippen LogP contribution is -2.33. The summed E-state index contributed by atoms with van der Waals surface area (Å²) in [5.74, 6) is 0.590. The zero-order chi connectivity index (χ0) is 33.9. The first-order chi connectivity index (χ1) is 22.2. The lowest BCUT2D eigenvalue weighted by atomic mass is 10.1. The van der Waals surface area contributed by atoms with Gasteiger partial charge in [-0.25, -0.2) is 14.2 Å². The maximum Gasteiger partial charge on any atom is 0.416 e. The van der Waals surface area contributed by atoms with Gasteiger partial charge in [-0.05, 0) is 87.2 Å². The molecule has 47 heavy (non-hydrogen) atoms. The summed E-state index contributed by atoms with van der Waals surface area (Å²) in [6.45, 7) is 5.78. The predicted octanol–water partition coefficient (Wildman–Crippen LogP) is 8.26. The number of rotatable bonds is 9. The number of hydrogen-bond donors (Lipinski definition) is 1. The third-order valence-electron chi connectivity index (χ3n) is 6.80. The number of ether oxygens (including phenoxy) is 1. The first-order valence-electron chi connectivity index (χ1n) is 14.4. The van der Waals surface area contributed by atoms with Gasteiger partial charge in [0.2, 0.25) is 0 Å². The lowest BCUT2D eigenvalue weighted by Gasteiger charge is -2.19. The SMILES string of the molecule is CSc1ccc(-n2nc3c(=O)n(Cc4ccc(C(F)(F)F)cc4)nc-3cc2-c2ccc(SCCNC(=O)OC(C)(C)C)cc2Cl)cc1. The van der Waals surface area contributed by atoms with Gasteiger partial charge in [0.05, 0.1) is 28.5 Å². The van der Waals surface area contributed by atoms with Gasteiger partial charge < -0.3 is 10.1 Å². The monoisotopic (exact) mass is 701 g/mol. The fourth-order valence-corrected chi connectivity index (χ4v) is 6.17. The summed E-state index contributed by atoms with van der Waals surface area (Å²) < 4.78 is 47.2. The highest BCUT2D eigenvalue weighted by Gasteiger charge is 2.30. The number of hydrogen-bond acceptors (Lipinski definition) is 7. The average Bonchev–Trinajstić information content (AvgIpc) is 3.31. The minimum atomic E-state index is -4.46. The smallest absolute Gasteiger partial charge is 0.416 e. The number of amides is 1. The molecule has 2 aliphatic heterocycles. The van der Waals surface area contributed by atoms with Crippen molar-refractivity contribution in [2.45, 2.75) is 48.9 Å². The molecule has 0 saturated heterocycles. The Kier molecular flexibility index (Phi) is 10.3. The molecule has 0 spiro atoms. The first kappa shape index (κ1) is 34.4. The number of alkyl halides is 3. The average molecular weight is 702 g/mol. The second-order valence-electron chi connectivity index (χ2n) is 11.4. The molecule has 0 aromatic heterocycles. The quantitative estimate of drug-likeness (QED) is 0.122. The number of thioether (sulfide) groups is 2. The van der Waals surface area contributed by atoms with Crippen molar-refractivity contribution in [3.8, 4) is 28.3 Å². The van der Waals surface area contributed by atoms with Crippen LogP contribution in [0.5, 0.6) is 0 Å². The lowest BCUT2D eigenvalue weighted by molar-refractivity contribution is -0.137. The van der Waals surface area contributed by atoms with Crippen LogP contribution in [0.25, 0.3) is 28.3 Å². The van der Waals surface area contributed by atoms with E-state index in [0.717, 1.165) is 21.9 Å². The van der Waals surface area contributed by atoms with Crippen LogP contribution in [-0.2, 0) is 17.5 Å². The van der Waals surface area contributed by atoms with Crippen molar-refractivity contribution < 1.29 is 22.7 Å². The van der Waals surface area contributed by atoms with Crippen LogP contribution in [0.15, 0.2) is 87.4 Å². The van der Waals surface area contributed by atoms with Crippen molar-refractivity contribution in [1.82, 2.24) is 24.9 Å². The Bertz CT molecular complexity index is 1900. The van der Waals surface area contributed by atoms with Crippen LogP contribution in [-0.4, -0.2) is 49.8 Å². The van der Waals surface area contributed by atoms with E-state index < -0.39 is 29.0 Å². The van der Waals surface area contributed by atoms with Crippen LogP contribution in [0, 0.1) is 0 Å². The van der Waals surface area contributed by atoms with Gasteiger partial charge in [0.25, 0.3) is 5.56 Å². The number of nitrogens with one attached hydrogen (secondary N) is 1. The minimum Gasteiger partial charge on any atom is -0.444 e. The standard InChI is InChI=1S/C33H31ClF3N5O3S2/c1-32(2,3)45-31(44)38-15-16-47-24-13-14-25(26(34)17-24)28-18-27-29(40-42(28)22-9-11-23(46-4)12-10-22)30(43)41(39-27)19-20-5-7-21(8-6-20)33(35,36)37/h5-14,17-18H,15-16,19H2,1-4H3,(H,38,44). The Labute approximate surface area is 283 Å². The van der Waals surface area contributed by atoms with Crippen molar-refractivity contribution >= 4 is 41.2 Å². The van der Waals surface area contributed by atoms with Crippen molar-refractivity contribution in [3.05, 3.63) is 99.3 Å². The molecule has 246 valence electrons. The topological polar surface area (TPSA) is 91.0 Å². The predicted molar refractivity (Wildman–Crippen MR) is 180 cm³/mol. The van der Waals surface area contributed by atoms with E-state index in [1.165, 1.54) is 28.6 Å². The molecule has 0 unspecified atom stereocenters. The number of halogens is 4. The molecular formula is C33H31ClF3N5O3S2. The zero-order valence-electron chi connectivity index (χ0n) is 25.9. The Morgan fingerprint density at radius 2 is 1.64 bits per heavy atom. The molecule has 1 N–H and O–H groups in total. The molecule has 2 aliphatic rings. The van der Waals surface area contributed by atoms with Crippen LogP contribution in [0.4, 0.5) is 18.0 Å². The number of alkyl carbamates (subject to hydrolysis) is 1. The zero-order valence-corrected chi connectivity index (χ0v) is 28.3. The van der Waals surface area contributed by atoms with Gasteiger partial charge in [-0.15, -0.1) is 23.5 Å². The maximum atomic E-state index is 13.4. The van der Waals surface area contributed by atoms with Crippen molar-refractivity contribution in [1.29, 1.82) is 0 Å². The van der Waals surface area contributed by atoms with Gasteiger partial charge in [-0.1, -0.05) is 29.8 Å². The van der Waals surface area contributed by atoms with E-state index in [1.807, 2.05) is 48.7 Å². The molecule has 0 aliphatic carbocycles. The van der Waals surface area contributed by atoms with Crippen LogP contribution in [0.2, 0.25) is 5.02 Å². The highest BCUT2D eigenvalue weighted by Crippen LogP contribution is 2.35. The van der Waals surface area contributed by atoms with Gasteiger partial charge in [0.15, 0.2) is 5.69 Å². The third kappa shape index (κ3) is 8.51. The van der Waals surface area contributed by atoms with E-state index >= 15 is 0 Å². The van der Waals surface area contributed by atoms with E-state index in [9.17, 15) is 22.8 Å². The number of aromatic nitrogens is 4. The van der Waals surface area contributed by atoms with E-state index in [1.54, 1.807) is 43.3 Å². The minimum absolute atomic E-state index is 0.0272. The summed E-state index contributed by atoms with van der Waals surface area (Å²) in [5.41, 5.74) is 1.01. The normalized spacial score (nSPS) is 12.0. The molecule has 0 atom stereocenters. The molecule has 0 fully saturated rings. The van der Waals surface area contributed by atoms with Gasteiger partial charge in [-0.3, -0.25) is 4.79 Å². The second-order valence-corrected chi connectivity index (χ2v) is 13.9. The van der Waals surface area contributed by atoms with Crippen molar-refractivity contribution in [2.24, 2.45) is 0 Å². The van der Waals surface area contributed by atoms with E-state index in [4.69, 9.17) is 21.4 Å². The number of benzene rings is 3. The van der Waals surface area contributed by atoms with E-state index in [2.05, 4.69) is 10.4 Å². The Morgan fingerprint density at radius 3 is 2.26 bits per heavy atom. The molecule has 0 saturated carbocycles. The fraction of sp³-hybridized carbons (Fsp3) is 0.273. The summed E-state index contributed by atoms with van der Waals surface area (Å²) in [6, 6.07) is 19.6. The summed E-state index contributed by atoms with van der Waals surface area (Å²) in [6.07, 6.45) is -2.96. The molecular weight excluding hydrogens is 671 g/mol. The molecule has 2 heterocycles. The number of carbonyl (C=O) groups is 1. The highest BCUT2D eigenvalue weighted by molar-refractivity contribution is 7.99. The van der Waals surface area contributed by atoms with E-state index in [0.29, 0.717) is 45.5 Å².